The van der Waals surface area contributed by atoms with Crippen molar-refractivity contribution in [2.75, 3.05) is 6.61 Å². The molecule has 0 spiro atoms. The summed E-state index contributed by atoms with van der Waals surface area (Å²) < 4.78 is 29.7. The maximum atomic E-state index is 13.6. The number of hydrogen-bond acceptors (Lipinski definition) is 8. The van der Waals surface area contributed by atoms with Gasteiger partial charge in [0, 0.05) is 6.42 Å². The molecule has 2 aromatic heterocycles. The highest BCUT2D eigenvalue weighted by molar-refractivity contribution is 9.10. The predicted molar refractivity (Wildman–Crippen MR) is 128 cm³/mol. The van der Waals surface area contributed by atoms with Crippen molar-refractivity contribution >= 4 is 27.9 Å². The Morgan fingerprint density at radius 3 is 2.80 bits per heavy atom. The zero-order valence-electron chi connectivity index (χ0n) is 19.2. The van der Waals surface area contributed by atoms with E-state index in [9.17, 15) is 14.0 Å². The Kier molecular flexibility index (Phi) is 9.70. The van der Waals surface area contributed by atoms with Crippen molar-refractivity contribution in [2.24, 2.45) is 10.7 Å². The molecule has 3 aromatic rings. The zero-order chi connectivity index (χ0) is 25.2. The molecular formula is C22H26BrFN6O5. The molecule has 1 amide bonds. The van der Waals surface area contributed by atoms with Gasteiger partial charge in [0.25, 0.3) is 0 Å². The second-order valence-electron chi connectivity index (χ2n) is 7.75. The molecule has 0 saturated carbocycles. The number of amides is 1. The molecule has 0 unspecified atom stereocenters. The lowest BCUT2D eigenvalue weighted by molar-refractivity contribution is 0.155. The van der Waals surface area contributed by atoms with E-state index in [1.165, 1.54) is 18.2 Å². The van der Waals surface area contributed by atoms with Crippen LogP contribution in [-0.4, -0.2) is 38.6 Å². The number of ether oxygens (including phenoxy) is 1. The van der Waals surface area contributed by atoms with Crippen LogP contribution in [0.3, 0.4) is 0 Å². The van der Waals surface area contributed by atoms with Crippen LogP contribution >= 0.6 is 15.9 Å². The third kappa shape index (κ3) is 7.31. The third-order valence-electron chi connectivity index (χ3n) is 5.09. The van der Waals surface area contributed by atoms with Gasteiger partial charge >= 0.3 is 11.8 Å². The summed E-state index contributed by atoms with van der Waals surface area (Å²) in [5.41, 5.74) is 6.89. The fraction of sp³-hybridized carbons (Fsp3) is 0.455. The van der Waals surface area contributed by atoms with E-state index >= 15 is 0 Å². The smallest absolute Gasteiger partial charge is 0.446 e. The molecule has 0 atom stereocenters. The monoisotopic (exact) mass is 552 g/mol. The van der Waals surface area contributed by atoms with E-state index < -0.39 is 17.7 Å². The quantitative estimate of drug-likeness (QED) is 0.193. The first-order chi connectivity index (χ1) is 16.9. The molecule has 0 aliphatic heterocycles. The first kappa shape index (κ1) is 26.3. The molecule has 2 heterocycles. The Labute approximate surface area is 208 Å². The lowest BCUT2D eigenvalue weighted by Gasteiger charge is -2.05. The molecule has 0 saturated heterocycles. The summed E-state index contributed by atoms with van der Waals surface area (Å²) in [7, 11) is 0. The minimum absolute atomic E-state index is 0.0959. The lowest BCUT2D eigenvalue weighted by atomic mass is 10.1. The van der Waals surface area contributed by atoms with Gasteiger partial charge in [0.2, 0.25) is 5.82 Å². The standard InChI is InChI=1S/C22H26BrFN6O5/c1-2-3-7-12-33-21(31)26-18(25)9-6-4-5-8-17-19(28-35-27-17)20-29-34-22(32)30(20)14-10-11-16(24)15(23)13-14/h10-11,13H,2-9,12H2,1H3,(H2,25,26,31). The molecule has 0 fully saturated rings. The Hall–Kier alpha value is -3.35. The van der Waals surface area contributed by atoms with Gasteiger partial charge in [-0.25, -0.2) is 23.2 Å². The van der Waals surface area contributed by atoms with Crippen molar-refractivity contribution in [3.63, 3.8) is 0 Å². The van der Waals surface area contributed by atoms with E-state index in [4.69, 9.17) is 19.6 Å². The topological polar surface area (TPSA) is 152 Å². The van der Waals surface area contributed by atoms with Crippen molar-refractivity contribution in [1.82, 2.24) is 20.0 Å². The summed E-state index contributed by atoms with van der Waals surface area (Å²) in [6, 6.07) is 4.06. The van der Waals surface area contributed by atoms with Crippen LogP contribution in [-0.2, 0) is 11.2 Å². The van der Waals surface area contributed by atoms with E-state index in [1.807, 2.05) is 0 Å². The van der Waals surface area contributed by atoms with Gasteiger partial charge in [0.15, 0.2) is 5.69 Å². The van der Waals surface area contributed by atoms with Crippen LogP contribution in [0.4, 0.5) is 9.18 Å². The first-order valence-electron chi connectivity index (χ1n) is 11.3. The number of nitrogens with zero attached hydrogens (tertiary/aromatic N) is 5. The van der Waals surface area contributed by atoms with E-state index in [2.05, 4.69) is 43.3 Å². The highest BCUT2D eigenvalue weighted by Crippen LogP contribution is 2.24. The number of carbonyl (C=O) groups excluding carboxylic acids is 1. The number of benzene rings is 1. The second-order valence-corrected chi connectivity index (χ2v) is 8.61. The summed E-state index contributed by atoms with van der Waals surface area (Å²) in [5, 5.41) is 11.6. The van der Waals surface area contributed by atoms with Gasteiger partial charge in [0.05, 0.1) is 16.8 Å². The van der Waals surface area contributed by atoms with E-state index in [0.717, 1.165) is 30.3 Å². The molecular weight excluding hydrogens is 527 g/mol. The highest BCUT2D eigenvalue weighted by Gasteiger charge is 2.22. The Bertz CT molecular complexity index is 1220. The summed E-state index contributed by atoms with van der Waals surface area (Å²) in [6.07, 6.45) is 5.31. The molecule has 0 radical (unpaired) electrons. The number of aromatic nitrogens is 4. The van der Waals surface area contributed by atoms with Crippen LogP contribution in [0.15, 0.2) is 41.6 Å². The van der Waals surface area contributed by atoms with Crippen LogP contribution in [0.1, 0.15) is 57.6 Å². The van der Waals surface area contributed by atoms with Crippen molar-refractivity contribution in [1.29, 1.82) is 0 Å². The molecule has 35 heavy (non-hydrogen) atoms. The number of aliphatic imine (C=N–C) groups is 1. The lowest BCUT2D eigenvalue weighted by Crippen LogP contribution is -2.15. The van der Waals surface area contributed by atoms with Crippen molar-refractivity contribution in [2.45, 2.75) is 58.3 Å². The Morgan fingerprint density at radius 2 is 2.03 bits per heavy atom. The predicted octanol–water partition coefficient (Wildman–Crippen LogP) is 4.56. The van der Waals surface area contributed by atoms with Gasteiger partial charge in [-0.1, -0.05) is 36.5 Å². The SMILES string of the molecule is CCCCCOC(=O)N=C(N)CCCCCc1nonc1-c1noc(=O)n1-c1ccc(F)c(Br)c1. The summed E-state index contributed by atoms with van der Waals surface area (Å²) in [6.45, 7) is 2.41. The van der Waals surface area contributed by atoms with Crippen LogP contribution in [0.2, 0.25) is 0 Å². The number of rotatable bonds is 12. The largest absolute Gasteiger partial charge is 0.448 e. The number of halogens is 2. The molecule has 0 aliphatic carbocycles. The van der Waals surface area contributed by atoms with Gasteiger partial charge in [-0.3, -0.25) is 4.52 Å². The number of unbranched alkanes of at least 4 members (excludes halogenated alkanes) is 4. The van der Waals surface area contributed by atoms with E-state index in [-0.39, 0.29) is 21.8 Å². The normalized spacial score (nSPS) is 11.7. The Morgan fingerprint density at radius 1 is 1.20 bits per heavy atom. The van der Waals surface area contributed by atoms with Crippen LogP contribution < -0.4 is 11.5 Å². The molecule has 3 rings (SSSR count). The Balaban J connectivity index is 1.54. The fourth-order valence-corrected chi connectivity index (χ4v) is 3.65. The van der Waals surface area contributed by atoms with Gasteiger partial charge in [-0.15, -0.1) is 0 Å². The first-order valence-corrected chi connectivity index (χ1v) is 12.1. The number of amidine groups is 1. The fourth-order valence-electron chi connectivity index (χ4n) is 3.28. The van der Waals surface area contributed by atoms with Crippen LogP contribution in [0.5, 0.6) is 0 Å². The van der Waals surface area contributed by atoms with Crippen LogP contribution in [0.25, 0.3) is 17.2 Å². The van der Waals surface area contributed by atoms with Crippen molar-refractivity contribution in [3.05, 3.63) is 44.7 Å². The third-order valence-corrected chi connectivity index (χ3v) is 5.70. The maximum Gasteiger partial charge on any atom is 0.446 e. The number of nitrogens with two attached hydrogens (primary N) is 1. The van der Waals surface area contributed by atoms with Gasteiger partial charge in [-0.2, -0.15) is 4.99 Å². The van der Waals surface area contributed by atoms with Crippen molar-refractivity contribution in [3.8, 4) is 17.2 Å². The highest BCUT2D eigenvalue weighted by atomic mass is 79.9. The minimum Gasteiger partial charge on any atom is -0.448 e. The summed E-state index contributed by atoms with van der Waals surface area (Å²) in [5.74, 6) is -0.908. The van der Waals surface area contributed by atoms with Crippen LogP contribution in [0, 0.1) is 5.82 Å². The second kappa shape index (κ2) is 12.9. The van der Waals surface area contributed by atoms with Gasteiger partial charge in [-0.05, 0) is 65.0 Å². The van der Waals surface area contributed by atoms with E-state index in [1.54, 1.807) is 0 Å². The number of aryl methyl sites for hydroxylation is 1. The zero-order valence-corrected chi connectivity index (χ0v) is 20.8. The molecule has 188 valence electrons. The van der Waals surface area contributed by atoms with Crippen molar-refractivity contribution < 1.29 is 23.1 Å². The molecule has 0 bridgehead atoms. The summed E-state index contributed by atoms with van der Waals surface area (Å²) >= 11 is 3.10. The number of carbonyl (C=O) groups is 1. The average Bonchev–Trinajstić information content (AvgIpc) is 3.44. The molecule has 13 heteroatoms. The van der Waals surface area contributed by atoms with Gasteiger partial charge < -0.3 is 10.5 Å². The minimum atomic E-state index is -0.758. The van der Waals surface area contributed by atoms with Gasteiger partial charge in [0.1, 0.15) is 17.3 Å². The molecule has 0 aliphatic rings. The van der Waals surface area contributed by atoms with E-state index in [0.29, 0.717) is 43.7 Å². The summed E-state index contributed by atoms with van der Waals surface area (Å²) in [4.78, 5) is 27.6. The average molecular weight is 553 g/mol. The molecule has 2 N–H and O–H groups in total. The molecule has 1 aromatic carbocycles. The molecule has 11 nitrogen and oxygen atoms in total. The maximum absolute atomic E-state index is 13.6. The number of hydrogen-bond donors (Lipinski definition) is 1.